The minimum atomic E-state index is -1.33. The zero-order chi connectivity index (χ0) is 28.8. The first-order valence-electron chi connectivity index (χ1n) is 15.2. The van der Waals surface area contributed by atoms with Crippen LogP contribution in [0.4, 0.5) is 4.79 Å². The van der Waals surface area contributed by atoms with Gasteiger partial charge in [-0.05, 0) is 123 Å². The molecule has 1 heterocycles. The van der Waals surface area contributed by atoms with Gasteiger partial charge in [-0.15, -0.1) is 0 Å². The molecule has 5 N–H and O–H groups in total. The van der Waals surface area contributed by atoms with Crippen molar-refractivity contribution >= 4 is 12.1 Å². The molecule has 8 nitrogen and oxygen atoms in total. The third-order valence-electron chi connectivity index (χ3n) is 12.9. The summed E-state index contributed by atoms with van der Waals surface area (Å²) in [6.07, 6.45) is 9.77. The number of nitrogens with two attached hydrogens (primary N) is 1. The minimum Gasteiger partial charge on any atom is -0.465 e. The maximum absolute atomic E-state index is 11.8. The number of amides is 1. The Morgan fingerprint density at radius 3 is 2.26 bits per heavy atom. The topological polar surface area (TPSA) is 139 Å². The van der Waals surface area contributed by atoms with Crippen molar-refractivity contribution < 1.29 is 35.8 Å². The van der Waals surface area contributed by atoms with Crippen LogP contribution in [0, 0.1) is 45.3 Å². The van der Waals surface area contributed by atoms with E-state index in [1.54, 1.807) is 13.8 Å². The van der Waals surface area contributed by atoms with Crippen LogP contribution in [0.1, 0.15) is 107 Å². The second kappa shape index (κ2) is 9.32. The summed E-state index contributed by atoms with van der Waals surface area (Å²) in [5.41, 5.74) is 4.24. The summed E-state index contributed by atoms with van der Waals surface area (Å²) in [5, 5.41) is 28.8. The average Bonchev–Trinajstić information content (AvgIpc) is 3.39. The fourth-order valence-electron chi connectivity index (χ4n) is 11.3. The molecular formula is C31H53NO7. The average molecular weight is 552 g/mol. The summed E-state index contributed by atoms with van der Waals surface area (Å²) in [6, 6.07) is 0. The first kappa shape index (κ1) is 29.1. The van der Waals surface area contributed by atoms with Gasteiger partial charge in [0.15, 0.2) is 6.10 Å². The molecule has 11 atom stereocenters. The lowest BCUT2D eigenvalue weighted by Crippen LogP contribution is -2.54. The number of aliphatic hydroxyl groups is 2. The van der Waals surface area contributed by atoms with Gasteiger partial charge in [0.25, 0.3) is 0 Å². The van der Waals surface area contributed by atoms with Gasteiger partial charge >= 0.3 is 12.1 Å². The molecule has 6 fully saturated rings. The Balaban J connectivity index is 0.000000695. The number of rotatable bonds is 3. The van der Waals surface area contributed by atoms with E-state index in [0.717, 1.165) is 31.6 Å². The Hall–Kier alpha value is -1.38. The Morgan fingerprint density at radius 2 is 1.64 bits per heavy atom. The molecule has 5 aliphatic carbocycles. The summed E-state index contributed by atoms with van der Waals surface area (Å²) in [6.45, 7) is 12.1. The van der Waals surface area contributed by atoms with E-state index in [-0.39, 0.29) is 31.1 Å². The Bertz CT molecular complexity index is 995. The van der Waals surface area contributed by atoms with Crippen molar-refractivity contribution in [3.63, 3.8) is 0 Å². The lowest BCUT2D eigenvalue weighted by Gasteiger charge is -2.59. The lowest BCUT2D eigenvalue weighted by molar-refractivity contribution is -0.200. The van der Waals surface area contributed by atoms with Crippen molar-refractivity contribution in [3.8, 4) is 0 Å². The number of carbonyl (C=O) groups is 2. The summed E-state index contributed by atoms with van der Waals surface area (Å²) in [7, 11) is 0. The number of carbonyl (C=O) groups excluding carboxylic acids is 1. The highest BCUT2D eigenvalue weighted by atomic mass is 16.6. The molecule has 6 rings (SSSR count). The summed E-state index contributed by atoms with van der Waals surface area (Å²) >= 11 is 0. The second-order valence-electron chi connectivity index (χ2n) is 15.4. The predicted molar refractivity (Wildman–Crippen MR) is 148 cm³/mol. The highest BCUT2D eigenvalue weighted by molar-refractivity contribution is 5.66. The van der Waals surface area contributed by atoms with Crippen LogP contribution in [0.15, 0.2) is 0 Å². The van der Waals surface area contributed by atoms with Crippen LogP contribution in [0.2, 0.25) is 0 Å². The highest BCUT2D eigenvalue weighted by Gasteiger charge is 2.80. The van der Waals surface area contributed by atoms with Crippen molar-refractivity contribution in [2.45, 2.75) is 136 Å². The van der Waals surface area contributed by atoms with E-state index in [9.17, 15) is 15.0 Å². The van der Waals surface area contributed by atoms with Crippen molar-refractivity contribution in [1.82, 2.24) is 0 Å². The van der Waals surface area contributed by atoms with Crippen LogP contribution >= 0.6 is 0 Å². The molecule has 0 radical (unpaired) electrons. The molecule has 2 spiro atoms. The molecule has 39 heavy (non-hydrogen) atoms. The van der Waals surface area contributed by atoms with Gasteiger partial charge in [0, 0.05) is 8.35 Å². The zero-order valence-electron chi connectivity index (χ0n) is 24.7. The molecule has 0 bridgehead atoms. The normalized spacial score (nSPS) is 47.9. The number of aliphatic hydroxyl groups excluding tert-OH is 1. The Labute approximate surface area is 234 Å². The van der Waals surface area contributed by atoms with E-state index in [0.29, 0.717) is 34.0 Å². The molecule has 0 aromatic carbocycles. The maximum atomic E-state index is 11.8. The largest absolute Gasteiger partial charge is 0.465 e. The van der Waals surface area contributed by atoms with Gasteiger partial charge in [-0.1, -0.05) is 20.8 Å². The van der Waals surface area contributed by atoms with E-state index in [4.69, 9.17) is 19.4 Å². The molecule has 5 saturated carbocycles. The molecule has 1 aliphatic heterocycles. The third-order valence-corrected chi connectivity index (χ3v) is 12.9. The number of esters is 1. The van der Waals surface area contributed by atoms with E-state index in [1.807, 2.05) is 0 Å². The second-order valence-corrected chi connectivity index (χ2v) is 15.4. The number of primary amides is 1. The molecule has 0 aromatic rings. The predicted octanol–water partition coefficient (Wildman–Crippen LogP) is 5.13. The van der Waals surface area contributed by atoms with Crippen LogP contribution in [0.3, 0.4) is 0 Å². The number of hydrogen-bond acceptors (Lipinski definition) is 6. The standard InChI is InChI=1S/C30H48O5.CH3NO2.H2/c1-17(31)34-25(27(4,5)33)21-9-7-19-22(35-21)15-20-18-8-10-23-26(2,3)24(32)11-12-30(23)16-29(18,30)14-13-28(19,20)6;2-1(3)4;/h18-25,32-33H,7-16H2,1-6H3;2H2,(H,3,4);1H/t18?,19?,20?,21?,22?,23?,24-,25-,28?,29-,30?;;/m0../s1. The molecule has 1 amide bonds. The molecule has 8 heteroatoms. The van der Waals surface area contributed by atoms with Gasteiger partial charge in [0.1, 0.15) is 0 Å². The van der Waals surface area contributed by atoms with E-state index in [2.05, 4.69) is 26.5 Å². The number of ether oxygens (including phenoxy) is 2. The van der Waals surface area contributed by atoms with E-state index in [1.165, 1.54) is 45.4 Å². The van der Waals surface area contributed by atoms with E-state index < -0.39 is 17.8 Å². The van der Waals surface area contributed by atoms with Crippen molar-refractivity contribution in [3.05, 3.63) is 0 Å². The highest BCUT2D eigenvalue weighted by Crippen LogP contribution is 2.87. The lowest BCUT2D eigenvalue weighted by atomic mass is 9.46. The number of carboxylic acid groups (broad SMARTS) is 1. The Morgan fingerprint density at radius 1 is 1.00 bits per heavy atom. The smallest absolute Gasteiger partial charge is 0.402 e. The van der Waals surface area contributed by atoms with Gasteiger partial charge in [0.2, 0.25) is 0 Å². The molecule has 0 aromatic heterocycles. The fraction of sp³-hybridized carbons (Fsp3) is 0.935. The molecule has 224 valence electrons. The summed E-state index contributed by atoms with van der Waals surface area (Å²) < 4.78 is 12.4. The molecule has 8 unspecified atom stereocenters. The van der Waals surface area contributed by atoms with Crippen LogP contribution in [0.5, 0.6) is 0 Å². The van der Waals surface area contributed by atoms with Crippen molar-refractivity contribution in [2.24, 2.45) is 51.1 Å². The fourth-order valence-corrected chi connectivity index (χ4v) is 11.3. The van der Waals surface area contributed by atoms with Gasteiger partial charge in [-0.2, -0.15) is 0 Å². The molecule has 6 aliphatic rings. The van der Waals surface area contributed by atoms with E-state index >= 15 is 0 Å². The van der Waals surface area contributed by atoms with Crippen LogP contribution < -0.4 is 5.73 Å². The number of hydrogen-bond donors (Lipinski definition) is 4. The maximum Gasteiger partial charge on any atom is 0.402 e. The third kappa shape index (κ3) is 4.34. The van der Waals surface area contributed by atoms with Gasteiger partial charge in [-0.3, -0.25) is 4.79 Å². The van der Waals surface area contributed by atoms with Gasteiger partial charge in [-0.25, -0.2) is 4.79 Å². The molecular weight excluding hydrogens is 498 g/mol. The minimum absolute atomic E-state index is 0. The number of fused-ring (bicyclic) bond motifs is 4. The van der Waals surface area contributed by atoms with Crippen molar-refractivity contribution in [1.29, 1.82) is 0 Å². The Kier molecular flexibility index (Phi) is 6.96. The monoisotopic (exact) mass is 551 g/mol. The quantitative estimate of drug-likeness (QED) is 0.357. The first-order chi connectivity index (χ1) is 18.0. The SMILES string of the molecule is CC(=O)O[C@@H](C1CCC2C(CC3C4CCC5C(C)(C)[C@@H](O)CCC56C[C@@]46CCC23C)O1)C(C)(C)O.NC(=O)O.[HH]. The van der Waals surface area contributed by atoms with Crippen molar-refractivity contribution in [2.75, 3.05) is 0 Å². The summed E-state index contributed by atoms with van der Waals surface area (Å²) in [4.78, 5) is 20.6. The van der Waals surface area contributed by atoms with Gasteiger partial charge in [0.05, 0.1) is 23.9 Å². The molecule has 1 saturated heterocycles. The van der Waals surface area contributed by atoms with Gasteiger partial charge < -0.3 is 30.5 Å². The summed E-state index contributed by atoms with van der Waals surface area (Å²) in [5.74, 6) is 2.37. The zero-order valence-corrected chi connectivity index (χ0v) is 24.7. The van der Waals surface area contributed by atoms with Crippen LogP contribution in [-0.2, 0) is 14.3 Å². The van der Waals surface area contributed by atoms with Crippen LogP contribution in [0.25, 0.3) is 0 Å². The first-order valence-corrected chi connectivity index (χ1v) is 15.2. The van der Waals surface area contributed by atoms with Crippen LogP contribution in [-0.4, -0.2) is 57.4 Å².